The van der Waals surface area contributed by atoms with Gasteiger partial charge >= 0.3 is 0 Å². The van der Waals surface area contributed by atoms with E-state index in [0.29, 0.717) is 12.2 Å². The molecule has 1 rings (SSSR count). The van der Waals surface area contributed by atoms with Crippen LogP contribution in [-0.2, 0) is 27.1 Å². The molecule has 1 atom stereocenters. The highest BCUT2D eigenvalue weighted by Crippen LogP contribution is 2.10. The van der Waals surface area contributed by atoms with Crippen LogP contribution in [0, 0.1) is 5.92 Å². The second-order valence-corrected chi connectivity index (χ2v) is 6.91. The van der Waals surface area contributed by atoms with Gasteiger partial charge in [0.05, 0.1) is 19.0 Å². The Morgan fingerprint density at radius 3 is 2.20 bits per heavy atom. The smallest absolute Gasteiger partial charge is 0.216 e. The van der Waals surface area contributed by atoms with E-state index >= 15 is 0 Å². The van der Waals surface area contributed by atoms with Gasteiger partial charge in [0.25, 0.3) is 0 Å². The Balaban J connectivity index is 2.72. The molecule has 0 aromatic heterocycles. The fourth-order valence-electron chi connectivity index (χ4n) is 1.77. The maximum Gasteiger partial charge on any atom is 0.216 e. The summed E-state index contributed by atoms with van der Waals surface area (Å²) in [7, 11) is -1.86. The van der Waals surface area contributed by atoms with Gasteiger partial charge in [-0.3, -0.25) is 0 Å². The van der Waals surface area contributed by atoms with E-state index in [4.69, 9.17) is 9.84 Å². The van der Waals surface area contributed by atoms with Crippen LogP contribution in [0.4, 0.5) is 0 Å². The van der Waals surface area contributed by atoms with Crippen molar-refractivity contribution in [2.45, 2.75) is 32.2 Å². The number of aliphatic hydroxyl groups is 1. The molecule has 5 nitrogen and oxygen atoms in total. The number of sulfonamides is 1. The number of nitrogens with one attached hydrogen (secondary N) is 1. The maximum absolute atomic E-state index is 12.1. The molecular formula is C14H23NO4S. The van der Waals surface area contributed by atoms with Crippen molar-refractivity contribution in [3.63, 3.8) is 0 Å². The van der Waals surface area contributed by atoms with Gasteiger partial charge < -0.3 is 9.84 Å². The lowest BCUT2D eigenvalue weighted by atomic mass is 10.1. The molecule has 1 unspecified atom stereocenters. The summed E-state index contributed by atoms with van der Waals surface area (Å²) in [4.78, 5) is 0. The highest BCUT2D eigenvalue weighted by Gasteiger charge is 2.21. The van der Waals surface area contributed by atoms with Gasteiger partial charge in [-0.15, -0.1) is 0 Å². The van der Waals surface area contributed by atoms with Gasteiger partial charge in [-0.25, -0.2) is 13.1 Å². The molecule has 2 N–H and O–H groups in total. The topological polar surface area (TPSA) is 75.6 Å². The number of rotatable bonds is 8. The molecule has 20 heavy (non-hydrogen) atoms. The Kier molecular flexibility index (Phi) is 6.61. The van der Waals surface area contributed by atoms with Gasteiger partial charge in [-0.1, -0.05) is 38.1 Å². The zero-order valence-corrected chi connectivity index (χ0v) is 13.0. The number of hydrogen-bond acceptors (Lipinski definition) is 4. The van der Waals surface area contributed by atoms with Crippen molar-refractivity contribution >= 4 is 10.0 Å². The third-order valence-corrected chi connectivity index (χ3v) is 4.42. The molecular weight excluding hydrogens is 278 g/mol. The van der Waals surface area contributed by atoms with E-state index < -0.39 is 10.0 Å². The molecule has 0 aliphatic carbocycles. The quantitative estimate of drug-likeness (QED) is 0.758. The van der Waals surface area contributed by atoms with Crippen LogP contribution in [0.25, 0.3) is 0 Å². The number of aliphatic hydroxyl groups excluding tert-OH is 1. The zero-order valence-electron chi connectivity index (χ0n) is 12.2. The number of benzene rings is 1. The normalized spacial score (nSPS) is 13.7. The van der Waals surface area contributed by atoms with Crippen molar-refractivity contribution < 1.29 is 18.3 Å². The predicted molar refractivity (Wildman–Crippen MR) is 78.6 cm³/mol. The molecule has 0 spiro atoms. The van der Waals surface area contributed by atoms with Crippen LogP contribution < -0.4 is 4.72 Å². The van der Waals surface area contributed by atoms with Crippen molar-refractivity contribution in [2.24, 2.45) is 5.92 Å². The summed E-state index contributed by atoms with van der Waals surface area (Å²) < 4.78 is 32.0. The van der Waals surface area contributed by atoms with E-state index in [9.17, 15) is 8.42 Å². The first kappa shape index (κ1) is 17.1. The van der Waals surface area contributed by atoms with Gasteiger partial charge in [0.1, 0.15) is 0 Å². The predicted octanol–water partition coefficient (Wildman–Crippen LogP) is 1.27. The summed E-state index contributed by atoms with van der Waals surface area (Å²) in [6, 6.07) is 6.64. The molecule has 0 aliphatic heterocycles. The zero-order chi connectivity index (χ0) is 15.2. The highest BCUT2D eigenvalue weighted by molar-refractivity contribution is 7.88. The van der Waals surface area contributed by atoms with Crippen LogP contribution in [0.15, 0.2) is 24.3 Å². The molecule has 1 aromatic rings. The molecule has 0 fully saturated rings. The molecule has 0 heterocycles. The summed E-state index contributed by atoms with van der Waals surface area (Å²) in [6.07, 6.45) is 0. The van der Waals surface area contributed by atoms with E-state index in [1.807, 2.05) is 13.8 Å². The van der Waals surface area contributed by atoms with Gasteiger partial charge in [0.15, 0.2) is 0 Å². The molecule has 0 bridgehead atoms. The van der Waals surface area contributed by atoms with Crippen LogP contribution in [0.5, 0.6) is 0 Å². The number of ether oxygens (including phenoxy) is 1. The lowest BCUT2D eigenvalue weighted by Crippen LogP contribution is -2.42. The molecule has 0 aliphatic rings. The molecule has 0 saturated carbocycles. The first-order valence-electron chi connectivity index (χ1n) is 6.55. The van der Waals surface area contributed by atoms with Gasteiger partial charge in [-0.05, 0) is 17.0 Å². The summed E-state index contributed by atoms with van der Waals surface area (Å²) in [5.74, 6) is 0.0764. The summed E-state index contributed by atoms with van der Waals surface area (Å²) >= 11 is 0. The molecule has 0 saturated heterocycles. The molecule has 0 amide bonds. The average molecular weight is 301 g/mol. The van der Waals surface area contributed by atoms with Crippen molar-refractivity contribution in [2.75, 3.05) is 13.7 Å². The standard InChI is InChI=1S/C14H23NO4S/c1-11(2)14(9-19-3)15-20(17,18)10-13-6-4-12(8-16)5-7-13/h4-7,11,14-16H,8-10H2,1-3H3. The van der Waals surface area contributed by atoms with E-state index in [1.165, 1.54) is 0 Å². The number of hydrogen-bond donors (Lipinski definition) is 2. The number of methoxy groups -OCH3 is 1. The Bertz CT molecular complexity index is 496. The van der Waals surface area contributed by atoms with Crippen molar-refractivity contribution in [3.05, 3.63) is 35.4 Å². The van der Waals surface area contributed by atoms with Crippen LogP contribution in [0.3, 0.4) is 0 Å². The van der Waals surface area contributed by atoms with Gasteiger partial charge in [-0.2, -0.15) is 0 Å². The summed E-state index contributed by atoms with van der Waals surface area (Å²) in [6.45, 7) is 4.19. The monoisotopic (exact) mass is 301 g/mol. The Labute approximate surface area is 121 Å². The molecule has 0 radical (unpaired) electrons. The second kappa shape index (κ2) is 7.73. The third-order valence-electron chi connectivity index (χ3n) is 3.04. The van der Waals surface area contributed by atoms with Crippen LogP contribution >= 0.6 is 0 Å². The second-order valence-electron chi connectivity index (χ2n) is 5.16. The van der Waals surface area contributed by atoms with Crippen molar-refractivity contribution in [1.29, 1.82) is 0 Å². The first-order valence-corrected chi connectivity index (χ1v) is 8.20. The van der Waals surface area contributed by atoms with Gasteiger partial charge in [0, 0.05) is 13.2 Å². The minimum Gasteiger partial charge on any atom is -0.392 e. The first-order chi connectivity index (χ1) is 9.38. The summed E-state index contributed by atoms with van der Waals surface area (Å²) in [5.41, 5.74) is 1.45. The minimum absolute atomic E-state index is 0.0471. The Morgan fingerprint density at radius 1 is 1.20 bits per heavy atom. The fraction of sp³-hybridized carbons (Fsp3) is 0.571. The van der Waals surface area contributed by atoms with Crippen LogP contribution in [0.2, 0.25) is 0 Å². The van der Waals surface area contributed by atoms with E-state index in [2.05, 4.69) is 4.72 Å². The van der Waals surface area contributed by atoms with E-state index in [-0.39, 0.29) is 24.3 Å². The molecule has 6 heteroatoms. The third kappa shape index (κ3) is 5.58. The Morgan fingerprint density at radius 2 is 1.75 bits per heavy atom. The van der Waals surface area contributed by atoms with Crippen molar-refractivity contribution in [3.8, 4) is 0 Å². The fourth-order valence-corrected chi connectivity index (χ4v) is 3.29. The maximum atomic E-state index is 12.1. The van der Waals surface area contributed by atoms with Crippen molar-refractivity contribution in [1.82, 2.24) is 4.72 Å². The average Bonchev–Trinajstić information content (AvgIpc) is 2.38. The molecule has 1 aromatic carbocycles. The molecule has 114 valence electrons. The largest absolute Gasteiger partial charge is 0.392 e. The summed E-state index contributed by atoms with van der Waals surface area (Å²) in [5, 5.41) is 8.96. The lowest BCUT2D eigenvalue weighted by molar-refractivity contribution is 0.157. The van der Waals surface area contributed by atoms with E-state index in [0.717, 1.165) is 5.56 Å². The van der Waals surface area contributed by atoms with Crippen LogP contribution in [0.1, 0.15) is 25.0 Å². The van der Waals surface area contributed by atoms with Crippen LogP contribution in [-0.4, -0.2) is 33.3 Å². The minimum atomic E-state index is -3.41. The van der Waals surface area contributed by atoms with Gasteiger partial charge in [0.2, 0.25) is 10.0 Å². The van der Waals surface area contributed by atoms with E-state index in [1.54, 1.807) is 31.4 Å². The lowest BCUT2D eigenvalue weighted by Gasteiger charge is -2.21. The highest BCUT2D eigenvalue weighted by atomic mass is 32.2. The Hall–Kier alpha value is -0.950. The SMILES string of the molecule is COCC(NS(=O)(=O)Cc1ccc(CO)cc1)C(C)C.